The molecule has 0 radical (unpaired) electrons. The first kappa shape index (κ1) is 19.3. The zero-order valence-electron chi connectivity index (χ0n) is 16.2. The van der Waals surface area contributed by atoms with E-state index in [1.807, 2.05) is 24.3 Å². The van der Waals surface area contributed by atoms with E-state index in [-0.39, 0.29) is 23.7 Å². The van der Waals surface area contributed by atoms with Crippen molar-refractivity contribution < 1.29 is 14.7 Å². The van der Waals surface area contributed by atoms with Crippen molar-refractivity contribution in [3.63, 3.8) is 0 Å². The molecule has 1 atom stereocenters. The van der Waals surface area contributed by atoms with Crippen molar-refractivity contribution in [2.75, 3.05) is 16.4 Å². The van der Waals surface area contributed by atoms with Crippen molar-refractivity contribution in [1.82, 2.24) is 5.32 Å². The Labute approximate surface area is 173 Å². The van der Waals surface area contributed by atoms with Crippen LogP contribution in [0.15, 0.2) is 66.7 Å². The van der Waals surface area contributed by atoms with Crippen LogP contribution in [0.25, 0.3) is 0 Å². The number of urea groups is 1. The summed E-state index contributed by atoms with van der Waals surface area (Å²) in [5.41, 5.74) is 10.2. The van der Waals surface area contributed by atoms with E-state index in [4.69, 9.17) is 5.73 Å². The minimum absolute atomic E-state index is 0.126. The van der Waals surface area contributed by atoms with Gasteiger partial charge in [0.25, 0.3) is 5.91 Å². The van der Waals surface area contributed by atoms with Gasteiger partial charge in [0, 0.05) is 11.3 Å². The topological polar surface area (TPSA) is 116 Å². The minimum atomic E-state index is -0.320. The van der Waals surface area contributed by atoms with Gasteiger partial charge in [-0.05, 0) is 72.5 Å². The van der Waals surface area contributed by atoms with Gasteiger partial charge in [0.05, 0.1) is 17.4 Å². The number of hydrogen-bond donors (Lipinski definition) is 5. The number of nitrogens with one attached hydrogen (secondary N) is 3. The van der Waals surface area contributed by atoms with Crippen molar-refractivity contribution in [2.24, 2.45) is 0 Å². The summed E-state index contributed by atoms with van der Waals surface area (Å²) in [6, 6.07) is 18.4. The van der Waals surface area contributed by atoms with E-state index in [9.17, 15) is 14.7 Å². The molecule has 3 aromatic carbocycles. The lowest BCUT2D eigenvalue weighted by molar-refractivity contribution is 0.102. The molecule has 3 amide bonds. The van der Waals surface area contributed by atoms with Gasteiger partial charge < -0.3 is 26.8 Å². The number of carbonyl (C=O) groups excluding carboxylic acids is 2. The van der Waals surface area contributed by atoms with Crippen molar-refractivity contribution in [3.05, 3.63) is 83.4 Å². The molecule has 1 aliphatic carbocycles. The van der Waals surface area contributed by atoms with Gasteiger partial charge >= 0.3 is 6.03 Å². The van der Waals surface area contributed by atoms with Gasteiger partial charge in [0.15, 0.2) is 0 Å². The summed E-state index contributed by atoms with van der Waals surface area (Å²) in [7, 11) is 0. The predicted molar refractivity (Wildman–Crippen MR) is 117 cm³/mol. The number of fused-ring (bicyclic) bond motifs is 1. The second-order valence-corrected chi connectivity index (χ2v) is 7.19. The summed E-state index contributed by atoms with van der Waals surface area (Å²) >= 11 is 0. The maximum Gasteiger partial charge on any atom is 0.319 e. The highest BCUT2D eigenvalue weighted by atomic mass is 16.3. The fraction of sp³-hybridized carbons (Fsp3) is 0.130. The number of anilines is 3. The fourth-order valence-corrected chi connectivity index (χ4v) is 3.58. The standard InChI is InChI=1S/C23H22N4O3/c24-19-3-1-2-4-21(19)26-22(29)15-5-11-18-14(13-15)6-12-20(18)27-23(30)25-16-7-9-17(28)10-8-16/h1-5,7-11,13,20,28H,6,12,24H2,(H,26,29)(H2,25,27,30). The minimum Gasteiger partial charge on any atom is -0.508 e. The Morgan fingerprint density at radius 1 is 0.967 bits per heavy atom. The van der Waals surface area contributed by atoms with E-state index >= 15 is 0 Å². The van der Waals surface area contributed by atoms with E-state index < -0.39 is 0 Å². The zero-order valence-corrected chi connectivity index (χ0v) is 16.2. The number of amides is 3. The Morgan fingerprint density at radius 2 is 1.73 bits per heavy atom. The number of para-hydroxylation sites is 2. The average molecular weight is 402 g/mol. The summed E-state index contributed by atoms with van der Waals surface area (Å²) in [6.45, 7) is 0. The lowest BCUT2D eigenvalue weighted by Gasteiger charge is -2.15. The normalized spacial score (nSPS) is 14.6. The molecular weight excluding hydrogens is 380 g/mol. The maximum absolute atomic E-state index is 12.6. The van der Waals surface area contributed by atoms with Gasteiger partial charge in [0.2, 0.25) is 0 Å². The third-order valence-electron chi connectivity index (χ3n) is 5.12. The monoisotopic (exact) mass is 402 g/mol. The Balaban J connectivity index is 1.41. The van der Waals surface area contributed by atoms with E-state index in [1.54, 1.807) is 30.3 Å². The Morgan fingerprint density at radius 3 is 2.50 bits per heavy atom. The Kier molecular flexibility index (Phi) is 5.26. The first-order valence-electron chi connectivity index (χ1n) is 9.65. The van der Waals surface area contributed by atoms with Gasteiger partial charge in [-0.25, -0.2) is 4.79 Å². The lowest BCUT2D eigenvalue weighted by atomic mass is 10.0. The molecule has 0 aromatic heterocycles. The molecule has 0 aliphatic heterocycles. The molecule has 4 rings (SSSR count). The first-order valence-corrected chi connectivity index (χ1v) is 9.65. The number of benzene rings is 3. The molecule has 30 heavy (non-hydrogen) atoms. The quantitative estimate of drug-likeness (QED) is 0.334. The number of phenols is 1. The molecule has 0 saturated heterocycles. The second kappa shape index (κ2) is 8.16. The van der Waals surface area contributed by atoms with Gasteiger partial charge in [-0.3, -0.25) is 4.79 Å². The second-order valence-electron chi connectivity index (χ2n) is 7.19. The van der Waals surface area contributed by atoms with E-state index in [1.165, 1.54) is 12.1 Å². The summed E-state index contributed by atoms with van der Waals surface area (Å²) in [6.07, 6.45) is 1.53. The predicted octanol–water partition coefficient (Wildman–Crippen LogP) is 4.04. The van der Waals surface area contributed by atoms with Crippen LogP contribution < -0.4 is 21.7 Å². The van der Waals surface area contributed by atoms with Gasteiger partial charge in [0.1, 0.15) is 5.75 Å². The summed E-state index contributed by atoms with van der Waals surface area (Å²) < 4.78 is 0. The van der Waals surface area contributed by atoms with Crippen molar-refractivity contribution in [3.8, 4) is 5.75 Å². The molecule has 0 bridgehead atoms. The van der Waals surface area contributed by atoms with Crippen molar-refractivity contribution in [1.29, 1.82) is 0 Å². The molecule has 6 N–H and O–H groups in total. The summed E-state index contributed by atoms with van der Waals surface area (Å²) in [5, 5.41) is 17.9. The molecule has 1 unspecified atom stereocenters. The van der Waals surface area contributed by atoms with Gasteiger partial charge in [-0.15, -0.1) is 0 Å². The Bertz CT molecular complexity index is 1100. The lowest BCUT2D eigenvalue weighted by Crippen LogP contribution is -2.31. The van der Waals surface area contributed by atoms with Crippen LogP contribution in [0.2, 0.25) is 0 Å². The number of aryl methyl sites for hydroxylation is 1. The number of carbonyl (C=O) groups is 2. The largest absolute Gasteiger partial charge is 0.508 e. The highest BCUT2D eigenvalue weighted by Crippen LogP contribution is 2.32. The molecular formula is C23H22N4O3. The number of aromatic hydroxyl groups is 1. The van der Waals surface area contributed by atoms with Crippen LogP contribution in [0.4, 0.5) is 21.9 Å². The molecule has 0 heterocycles. The van der Waals surface area contributed by atoms with E-state index in [0.29, 0.717) is 22.6 Å². The highest BCUT2D eigenvalue weighted by molar-refractivity contribution is 6.05. The molecule has 7 nitrogen and oxygen atoms in total. The summed E-state index contributed by atoms with van der Waals surface area (Å²) in [5.74, 6) is -0.0855. The number of rotatable bonds is 4. The summed E-state index contributed by atoms with van der Waals surface area (Å²) in [4.78, 5) is 24.9. The smallest absolute Gasteiger partial charge is 0.319 e. The van der Waals surface area contributed by atoms with Crippen LogP contribution in [-0.2, 0) is 6.42 Å². The zero-order chi connectivity index (χ0) is 21.1. The maximum atomic E-state index is 12.6. The van der Waals surface area contributed by atoms with Crippen LogP contribution in [-0.4, -0.2) is 17.0 Å². The third-order valence-corrected chi connectivity index (χ3v) is 5.12. The van der Waals surface area contributed by atoms with Gasteiger partial charge in [-0.1, -0.05) is 18.2 Å². The van der Waals surface area contributed by atoms with Gasteiger partial charge in [-0.2, -0.15) is 0 Å². The molecule has 0 spiro atoms. The number of nitrogens with two attached hydrogens (primary N) is 1. The Hall–Kier alpha value is -4.00. The van der Waals surface area contributed by atoms with Crippen LogP contribution in [0, 0.1) is 0 Å². The van der Waals surface area contributed by atoms with Crippen LogP contribution >= 0.6 is 0 Å². The van der Waals surface area contributed by atoms with Crippen LogP contribution in [0.3, 0.4) is 0 Å². The molecule has 3 aromatic rings. The number of hydrogen-bond acceptors (Lipinski definition) is 4. The van der Waals surface area contributed by atoms with Crippen LogP contribution in [0.5, 0.6) is 5.75 Å². The average Bonchev–Trinajstić information content (AvgIpc) is 3.13. The van der Waals surface area contributed by atoms with E-state index in [0.717, 1.165) is 24.0 Å². The number of phenolic OH excluding ortho intramolecular Hbond substituents is 1. The molecule has 152 valence electrons. The molecule has 0 fully saturated rings. The van der Waals surface area contributed by atoms with Crippen LogP contribution in [0.1, 0.15) is 33.9 Å². The highest BCUT2D eigenvalue weighted by Gasteiger charge is 2.25. The van der Waals surface area contributed by atoms with E-state index in [2.05, 4.69) is 16.0 Å². The molecule has 7 heteroatoms. The fourth-order valence-electron chi connectivity index (χ4n) is 3.58. The van der Waals surface area contributed by atoms with Crippen molar-refractivity contribution in [2.45, 2.75) is 18.9 Å². The SMILES string of the molecule is Nc1ccccc1NC(=O)c1ccc2c(c1)CCC2NC(=O)Nc1ccc(O)cc1. The van der Waals surface area contributed by atoms with Crippen molar-refractivity contribution >= 4 is 29.0 Å². The first-order chi connectivity index (χ1) is 14.5. The third kappa shape index (κ3) is 4.20. The number of nitrogen functional groups attached to an aromatic ring is 1. The molecule has 1 aliphatic rings. The molecule has 0 saturated carbocycles.